The van der Waals surface area contributed by atoms with Crippen LogP contribution < -0.4 is 5.32 Å². The third-order valence-electron chi connectivity index (χ3n) is 2.66. The monoisotopic (exact) mass is 216 g/mol. The average molecular weight is 216 g/mol. The smallest absolute Gasteiger partial charge is 0.0589 e. The van der Waals surface area contributed by atoms with Gasteiger partial charge in [-0.3, -0.25) is 0 Å². The van der Waals surface area contributed by atoms with Gasteiger partial charge in [-0.05, 0) is 39.9 Å². The van der Waals surface area contributed by atoms with Crippen molar-refractivity contribution in [3.8, 4) is 0 Å². The van der Waals surface area contributed by atoms with Crippen LogP contribution in [-0.4, -0.2) is 51.3 Å². The third kappa shape index (κ3) is 10.2. The zero-order valence-electron chi connectivity index (χ0n) is 10.9. The molecule has 0 heterocycles. The van der Waals surface area contributed by atoms with Crippen molar-refractivity contribution in [2.24, 2.45) is 0 Å². The van der Waals surface area contributed by atoms with Crippen LogP contribution >= 0.6 is 0 Å². The average Bonchev–Trinajstić information content (AvgIpc) is 2.22. The minimum Gasteiger partial charge on any atom is -0.383 e. The molecule has 3 heteroatoms. The van der Waals surface area contributed by atoms with Gasteiger partial charge >= 0.3 is 0 Å². The highest BCUT2D eigenvalue weighted by Gasteiger charge is 2.01. The number of hydrogen-bond acceptors (Lipinski definition) is 3. The van der Waals surface area contributed by atoms with Crippen molar-refractivity contribution in [1.29, 1.82) is 0 Å². The number of hydrogen-bond donors (Lipinski definition) is 1. The van der Waals surface area contributed by atoms with Crippen molar-refractivity contribution in [2.75, 3.05) is 40.4 Å². The number of methoxy groups -OCH3 is 1. The summed E-state index contributed by atoms with van der Waals surface area (Å²) < 4.78 is 5.04. The molecule has 1 N–H and O–H groups in total. The fraction of sp³-hybridized carbons (Fsp3) is 1.00. The summed E-state index contributed by atoms with van der Waals surface area (Å²) in [5, 5.41) is 3.43. The molecular weight excluding hydrogens is 188 g/mol. The SMILES string of the molecule is CCNC(C)CCCCN(C)CCOC. The molecule has 0 spiro atoms. The molecule has 0 bridgehead atoms. The molecule has 0 rings (SSSR count). The van der Waals surface area contributed by atoms with E-state index < -0.39 is 0 Å². The van der Waals surface area contributed by atoms with Gasteiger partial charge in [-0.2, -0.15) is 0 Å². The molecule has 0 fully saturated rings. The van der Waals surface area contributed by atoms with Crippen LogP contribution in [0.5, 0.6) is 0 Å². The summed E-state index contributed by atoms with van der Waals surface area (Å²) in [6, 6.07) is 0.666. The predicted molar refractivity (Wildman–Crippen MR) is 66.4 cm³/mol. The van der Waals surface area contributed by atoms with Gasteiger partial charge in [0.25, 0.3) is 0 Å². The second kappa shape index (κ2) is 10.4. The van der Waals surface area contributed by atoms with E-state index in [0.29, 0.717) is 6.04 Å². The fourth-order valence-corrected chi connectivity index (χ4v) is 1.64. The molecule has 0 aliphatic heterocycles. The molecule has 0 radical (unpaired) electrons. The normalized spacial score (nSPS) is 13.4. The Kier molecular flexibility index (Phi) is 10.3. The fourth-order valence-electron chi connectivity index (χ4n) is 1.64. The molecule has 15 heavy (non-hydrogen) atoms. The number of nitrogens with zero attached hydrogens (tertiary/aromatic N) is 1. The maximum absolute atomic E-state index is 5.04. The van der Waals surface area contributed by atoms with Crippen LogP contribution in [-0.2, 0) is 4.74 Å². The maximum Gasteiger partial charge on any atom is 0.0589 e. The van der Waals surface area contributed by atoms with Gasteiger partial charge in [0, 0.05) is 19.7 Å². The van der Waals surface area contributed by atoms with Crippen molar-refractivity contribution in [3.05, 3.63) is 0 Å². The first-order valence-corrected chi connectivity index (χ1v) is 6.11. The standard InChI is InChI=1S/C12H28N2O/c1-5-13-12(2)8-6-7-9-14(3)10-11-15-4/h12-13H,5-11H2,1-4H3. The van der Waals surface area contributed by atoms with Crippen LogP contribution in [0.3, 0.4) is 0 Å². The highest BCUT2D eigenvalue weighted by molar-refractivity contribution is 4.60. The molecule has 1 unspecified atom stereocenters. The summed E-state index contributed by atoms with van der Waals surface area (Å²) in [5.74, 6) is 0. The Hall–Kier alpha value is -0.120. The number of likely N-dealkylation sites (N-methyl/N-ethyl adjacent to an activating group) is 1. The highest BCUT2D eigenvalue weighted by Crippen LogP contribution is 2.01. The Morgan fingerprint density at radius 3 is 2.60 bits per heavy atom. The first-order chi connectivity index (χ1) is 7.20. The lowest BCUT2D eigenvalue weighted by Crippen LogP contribution is -2.26. The van der Waals surface area contributed by atoms with Crippen LogP contribution in [0.2, 0.25) is 0 Å². The lowest BCUT2D eigenvalue weighted by molar-refractivity contribution is 0.160. The van der Waals surface area contributed by atoms with Gasteiger partial charge in [0.1, 0.15) is 0 Å². The van der Waals surface area contributed by atoms with Crippen molar-refractivity contribution in [1.82, 2.24) is 10.2 Å². The molecule has 0 saturated heterocycles. The quantitative estimate of drug-likeness (QED) is 0.563. The summed E-state index contributed by atoms with van der Waals surface area (Å²) in [4.78, 5) is 2.33. The van der Waals surface area contributed by atoms with E-state index in [4.69, 9.17) is 4.74 Å². The van der Waals surface area contributed by atoms with E-state index in [9.17, 15) is 0 Å². The van der Waals surface area contributed by atoms with E-state index in [1.165, 1.54) is 25.8 Å². The summed E-state index contributed by atoms with van der Waals surface area (Å²) in [5.41, 5.74) is 0. The Bertz CT molecular complexity index is 131. The third-order valence-corrected chi connectivity index (χ3v) is 2.66. The molecular formula is C12H28N2O. The summed E-state index contributed by atoms with van der Waals surface area (Å²) in [6.07, 6.45) is 3.88. The topological polar surface area (TPSA) is 24.5 Å². The molecule has 0 amide bonds. The second-order valence-corrected chi connectivity index (χ2v) is 4.25. The number of unbranched alkanes of at least 4 members (excludes halogenated alkanes) is 1. The van der Waals surface area contributed by atoms with Gasteiger partial charge in [0.15, 0.2) is 0 Å². The zero-order valence-corrected chi connectivity index (χ0v) is 10.9. The Labute approximate surface area is 95.2 Å². The van der Waals surface area contributed by atoms with Gasteiger partial charge in [-0.25, -0.2) is 0 Å². The van der Waals surface area contributed by atoms with E-state index in [-0.39, 0.29) is 0 Å². The minimum absolute atomic E-state index is 0.666. The van der Waals surface area contributed by atoms with Crippen molar-refractivity contribution in [2.45, 2.75) is 39.2 Å². The van der Waals surface area contributed by atoms with E-state index >= 15 is 0 Å². The van der Waals surface area contributed by atoms with Gasteiger partial charge in [-0.15, -0.1) is 0 Å². The van der Waals surface area contributed by atoms with Gasteiger partial charge < -0.3 is 15.0 Å². The number of nitrogens with one attached hydrogen (secondary N) is 1. The van der Waals surface area contributed by atoms with Crippen LogP contribution in [0.15, 0.2) is 0 Å². The first-order valence-electron chi connectivity index (χ1n) is 6.11. The van der Waals surface area contributed by atoms with Crippen LogP contribution in [0.1, 0.15) is 33.1 Å². The Morgan fingerprint density at radius 1 is 1.27 bits per heavy atom. The maximum atomic E-state index is 5.04. The van der Waals surface area contributed by atoms with Crippen LogP contribution in [0.4, 0.5) is 0 Å². The van der Waals surface area contributed by atoms with Crippen molar-refractivity contribution in [3.63, 3.8) is 0 Å². The van der Waals surface area contributed by atoms with Gasteiger partial charge in [-0.1, -0.05) is 13.3 Å². The minimum atomic E-state index is 0.666. The van der Waals surface area contributed by atoms with Gasteiger partial charge in [0.2, 0.25) is 0 Å². The molecule has 3 nitrogen and oxygen atoms in total. The molecule has 0 aliphatic carbocycles. The second-order valence-electron chi connectivity index (χ2n) is 4.25. The Balaban J connectivity index is 3.22. The van der Waals surface area contributed by atoms with Crippen LogP contribution in [0, 0.1) is 0 Å². The lowest BCUT2D eigenvalue weighted by Gasteiger charge is -2.17. The largest absolute Gasteiger partial charge is 0.383 e. The van der Waals surface area contributed by atoms with E-state index in [1.807, 2.05) is 0 Å². The van der Waals surface area contributed by atoms with Gasteiger partial charge in [0.05, 0.1) is 6.61 Å². The van der Waals surface area contributed by atoms with Crippen molar-refractivity contribution < 1.29 is 4.74 Å². The molecule has 92 valence electrons. The van der Waals surface area contributed by atoms with Crippen molar-refractivity contribution >= 4 is 0 Å². The lowest BCUT2D eigenvalue weighted by atomic mass is 10.1. The molecule has 0 aromatic rings. The van der Waals surface area contributed by atoms with E-state index in [1.54, 1.807) is 7.11 Å². The molecule has 0 saturated carbocycles. The van der Waals surface area contributed by atoms with E-state index in [2.05, 4.69) is 31.1 Å². The van der Waals surface area contributed by atoms with E-state index in [0.717, 1.165) is 19.7 Å². The summed E-state index contributed by atoms with van der Waals surface area (Å²) in [7, 11) is 3.92. The molecule has 1 atom stereocenters. The highest BCUT2D eigenvalue weighted by atomic mass is 16.5. The summed E-state index contributed by atoms with van der Waals surface area (Å²) >= 11 is 0. The molecule has 0 aromatic heterocycles. The molecule has 0 aromatic carbocycles. The predicted octanol–water partition coefficient (Wildman–Crippen LogP) is 1.73. The zero-order chi connectivity index (χ0) is 11.5. The summed E-state index contributed by atoms with van der Waals surface area (Å²) in [6.45, 7) is 8.56. The number of ether oxygens (including phenoxy) is 1. The number of rotatable bonds is 10. The van der Waals surface area contributed by atoms with Crippen LogP contribution in [0.25, 0.3) is 0 Å². The molecule has 0 aliphatic rings. The Morgan fingerprint density at radius 2 is 2.00 bits per heavy atom. The first kappa shape index (κ1) is 14.9.